The van der Waals surface area contributed by atoms with Crippen molar-refractivity contribution in [3.8, 4) is 0 Å². The Labute approximate surface area is 121 Å². The molecule has 1 aliphatic carbocycles. The van der Waals surface area contributed by atoms with Crippen LogP contribution in [0.2, 0.25) is 0 Å². The van der Waals surface area contributed by atoms with E-state index in [2.05, 4.69) is 21.9 Å². The summed E-state index contributed by atoms with van der Waals surface area (Å²) in [6.45, 7) is 5.05. The highest BCUT2D eigenvalue weighted by molar-refractivity contribution is 5.89. The molecule has 1 aromatic heterocycles. The van der Waals surface area contributed by atoms with E-state index in [1.807, 2.05) is 25.7 Å². The molecule has 2 rings (SSSR count). The molecule has 0 spiro atoms. The van der Waals surface area contributed by atoms with E-state index in [1.165, 1.54) is 6.33 Å². The molecule has 20 heavy (non-hydrogen) atoms. The second-order valence-corrected chi connectivity index (χ2v) is 6.20. The molecule has 0 unspecified atom stereocenters. The molecule has 0 bridgehead atoms. The van der Waals surface area contributed by atoms with E-state index in [-0.39, 0.29) is 11.3 Å². The standard InChI is InChI=1S/C15H26N4O/c1-5-19-14(16-11-17-19)10-13(20)15(18(3)4)8-6-12(2)7-9-15/h11-12H,5-10H2,1-4H3. The molecule has 0 saturated heterocycles. The van der Waals surface area contributed by atoms with Gasteiger partial charge in [-0.1, -0.05) is 6.92 Å². The lowest BCUT2D eigenvalue weighted by atomic mass is 9.73. The maximum absolute atomic E-state index is 12.9. The summed E-state index contributed by atoms with van der Waals surface area (Å²) < 4.78 is 1.81. The average Bonchev–Trinajstić information content (AvgIpc) is 2.86. The highest BCUT2D eigenvalue weighted by atomic mass is 16.1. The number of rotatable bonds is 5. The van der Waals surface area contributed by atoms with Crippen LogP contribution >= 0.6 is 0 Å². The van der Waals surface area contributed by atoms with Crippen molar-refractivity contribution in [2.45, 2.75) is 58.0 Å². The van der Waals surface area contributed by atoms with Crippen LogP contribution in [0.25, 0.3) is 0 Å². The minimum Gasteiger partial charge on any atom is -0.297 e. The van der Waals surface area contributed by atoms with E-state index in [1.54, 1.807) is 0 Å². The van der Waals surface area contributed by atoms with E-state index in [9.17, 15) is 4.79 Å². The SMILES string of the molecule is CCn1ncnc1CC(=O)C1(N(C)C)CCC(C)CC1. The molecule has 0 atom stereocenters. The Morgan fingerprint density at radius 2 is 2.10 bits per heavy atom. The summed E-state index contributed by atoms with van der Waals surface area (Å²) in [5.41, 5.74) is -0.309. The van der Waals surface area contributed by atoms with E-state index in [0.717, 1.165) is 44.0 Å². The first-order valence-corrected chi connectivity index (χ1v) is 7.57. The van der Waals surface area contributed by atoms with Crippen LogP contribution in [-0.2, 0) is 17.8 Å². The normalized spacial score (nSPS) is 26.9. The second kappa shape index (κ2) is 6.04. The average molecular weight is 278 g/mol. The lowest BCUT2D eigenvalue weighted by molar-refractivity contribution is -0.131. The van der Waals surface area contributed by atoms with Gasteiger partial charge < -0.3 is 0 Å². The third-order valence-electron chi connectivity index (χ3n) is 4.79. The molecule has 5 heteroatoms. The molecular weight excluding hydrogens is 252 g/mol. The number of aryl methyl sites for hydroxylation is 1. The fourth-order valence-electron chi connectivity index (χ4n) is 3.21. The van der Waals surface area contributed by atoms with Crippen molar-refractivity contribution in [1.29, 1.82) is 0 Å². The van der Waals surface area contributed by atoms with Crippen molar-refractivity contribution in [1.82, 2.24) is 19.7 Å². The lowest BCUT2D eigenvalue weighted by Gasteiger charge is -2.43. The highest BCUT2D eigenvalue weighted by Crippen LogP contribution is 2.36. The molecule has 1 aromatic rings. The van der Waals surface area contributed by atoms with Crippen molar-refractivity contribution in [3.05, 3.63) is 12.2 Å². The van der Waals surface area contributed by atoms with Crippen molar-refractivity contribution >= 4 is 5.78 Å². The minimum atomic E-state index is -0.309. The predicted octanol–water partition coefficient (Wildman–Crippen LogP) is 1.92. The number of carbonyl (C=O) groups is 1. The number of likely N-dealkylation sites (N-methyl/N-ethyl adjacent to an activating group) is 1. The minimum absolute atomic E-state index is 0.289. The molecule has 1 heterocycles. The Morgan fingerprint density at radius 3 is 2.65 bits per heavy atom. The third-order valence-corrected chi connectivity index (χ3v) is 4.79. The largest absolute Gasteiger partial charge is 0.297 e. The smallest absolute Gasteiger partial charge is 0.160 e. The molecule has 0 radical (unpaired) electrons. The highest BCUT2D eigenvalue weighted by Gasteiger charge is 2.42. The Bertz CT molecular complexity index is 458. The Balaban J connectivity index is 2.16. The maximum atomic E-state index is 12.9. The van der Waals surface area contributed by atoms with Gasteiger partial charge in [0.1, 0.15) is 12.2 Å². The third kappa shape index (κ3) is 2.77. The van der Waals surface area contributed by atoms with Crippen molar-refractivity contribution < 1.29 is 4.79 Å². The second-order valence-electron chi connectivity index (χ2n) is 6.20. The van der Waals surface area contributed by atoms with Gasteiger partial charge in [0.05, 0.1) is 12.0 Å². The monoisotopic (exact) mass is 278 g/mol. The van der Waals surface area contributed by atoms with Gasteiger partial charge in [0.25, 0.3) is 0 Å². The van der Waals surface area contributed by atoms with Crippen molar-refractivity contribution in [3.63, 3.8) is 0 Å². The van der Waals surface area contributed by atoms with Crippen LogP contribution in [0.5, 0.6) is 0 Å². The van der Waals surface area contributed by atoms with Gasteiger partial charge in [0, 0.05) is 6.54 Å². The molecular formula is C15H26N4O. The Morgan fingerprint density at radius 1 is 1.45 bits per heavy atom. The summed E-state index contributed by atoms with van der Waals surface area (Å²) in [5, 5.41) is 4.15. The number of Topliss-reactive ketones (excluding diaryl/α,β-unsaturated/α-hetero) is 1. The zero-order valence-electron chi connectivity index (χ0n) is 13.1. The predicted molar refractivity (Wildman–Crippen MR) is 78.5 cm³/mol. The number of ketones is 1. The zero-order valence-corrected chi connectivity index (χ0v) is 13.1. The molecule has 1 aliphatic rings. The van der Waals surface area contributed by atoms with Crippen LogP contribution in [0.4, 0.5) is 0 Å². The van der Waals surface area contributed by atoms with Gasteiger partial charge in [-0.25, -0.2) is 9.67 Å². The van der Waals surface area contributed by atoms with Crippen LogP contribution in [0.1, 0.15) is 45.4 Å². The number of carbonyl (C=O) groups excluding carboxylic acids is 1. The molecule has 0 amide bonds. The van der Waals surface area contributed by atoms with Crippen LogP contribution in [-0.4, -0.2) is 45.1 Å². The van der Waals surface area contributed by atoms with Crippen molar-refractivity contribution in [2.75, 3.05) is 14.1 Å². The summed E-state index contributed by atoms with van der Waals surface area (Å²) >= 11 is 0. The number of hydrogen-bond donors (Lipinski definition) is 0. The molecule has 5 nitrogen and oxygen atoms in total. The summed E-state index contributed by atoms with van der Waals surface area (Å²) in [6.07, 6.45) is 6.10. The summed E-state index contributed by atoms with van der Waals surface area (Å²) in [5.74, 6) is 1.81. The van der Waals surface area contributed by atoms with Gasteiger partial charge in [0.15, 0.2) is 5.78 Å². The fraction of sp³-hybridized carbons (Fsp3) is 0.800. The van der Waals surface area contributed by atoms with E-state index >= 15 is 0 Å². The quantitative estimate of drug-likeness (QED) is 0.825. The van der Waals surface area contributed by atoms with E-state index in [0.29, 0.717) is 6.42 Å². The topological polar surface area (TPSA) is 51.0 Å². The first kappa shape index (κ1) is 15.2. The van der Waals surface area contributed by atoms with Gasteiger partial charge in [-0.2, -0.15) is 5.10 Å². The zero-order chi connectivity index (χ0) is 14.8. The van der Waals surface area contributed by atoms with Crippen LogP contribution in [0.3, 0.4) is 0 Å². The van der Waals surface area contributed by atoms with Crippen LogP contribution < -0.4 is 0 Å². The van der Waals surface area contributed by atoms with Gasteiger partial charge in [-0.05, 0) is 52.6 Å². The Hall–Kier alpha value is -1.23. The molecule has 0 N–H and O–H groups in total. The first-order chi connectivity index (χ1) is 9.49. The molecule has 112 valence electrons. The van der Waals surface area contributed by atoms with E-state index < -0.39 is 0 Å². The summed E-state index contributed by atoms with van der Waals surface area (Å²) in [4.78, 5) is 19.2. The summed E-state index contributed by atoms with van der Waals surface area (Å²) in [6, 6.07) is 0. The number of aromatic nitrogens is 3. The number of nitrogens with zero attached hydrogens (tertiary/aromatic N) is 4. The van der Waals surface area contributed by atoms with Gasteiger partial charge in [-0.15, -0.1) is 0 Å². The fourth-order valence-corrected chi connectivity index (χ4v) is 3.21. The van der Waals surface area contributed by atoms with Gasteiger partial charge in [-0.3, -0.25) is 9.69 Å². The first-order valence-electron chi connectivity index (χ1n) is 7.57. The molecule has 0 aromatic carbocycles. The van der Waals surface area contributed by atoms with Gasteiger partial charge >= 0.3 is 0 Å². The van der Waals surface area contributed by atoms with Crippen LogP contribution in [0.15, 0.2) is 6.33 Å². The van der Waals surface area contributed by atoms with E-state index in [4.69, 9.17) is 0 Å². The van der Waals surface area contributed by atoms with Crippen LogP contribution in [0, 0.1) is 5.92 Å². The van der Waals surface area contributed by atoms with Gasteiger partial charge in [0.2, 0.25) is 0 Å². The summed E-state index contributed by atoms with van der Waals surface area (Å²) in [7, 11) is 4.05. The molecule has 0 aliphatic heterocycles. The Kier molecular flexibility index (Phi) is 4.58. The number of hydrogen-bond acceptors (Lipinski definition) is 4. The van der Waals surface area contributed by atoms with Crippen molar-refractivity contribution in [2.24, 2.45) is 5.92 Å². The lowest BCUT2D eigenvalue weighted by Crippen LogP contribution is -2.54. The molecule has 1 saturated carbocycles. The maximum Gasteiger partial charge on any atom is 0.160 e. The molecule has 1 fully saturated rings.